The van der Waals surface area contributed by atoms with Gasteiger partial charge in [0.1, 0.15) is 5.82 Å². The van der Waals surface area contributed by atoms with Gasteiger partial charge in [0, 0.05) is 39.2 Å². The summed E-state index contributed by atoms with van der Waals surface area (Å²) in [6, 6.07) is 9.98. The van der Waals surface area contributed by atoms with Gasteiger partial charge in [0.25, 0.3) is 5.92 Å². The quantitative estimate of drug-likeness (QED) is 0.607. The van der Waals surface area contributed by atoms with Gasteiger partial charge in [0.15, 0.2) is 6.17 Å². The fourth-order valence-electron chi connectivity index (χ4n) is 4.19. The minimum absolute atomic E-state index is 0.102. The summed E-state index contributed by atoms with van der Waals surface area (Å²) in [5, 5.41) is 8.59. The fourth-order valence-corrected chi connectivity index (χ4v) is 5.30. The first-order valence-corrected chi connectivity index (χ1v) is 10.7. The lowest BCUT2D eigenvalue weighted by atomic mass is 9.97. The third-order valence-electron chi connectivity index (χ3n) is 5.74. The molecule has 2 aromatic carbocycles. The van der Waals surface area contributed by atoms with Crippen LogP contribution in [-0.2, 0) is 18.9 Å². The van der Waals surface area contributed by atoms with E-state index in [0.29, 0.717) is 23.6 Å². The first-order chi connectivity index (χ1) is 14.4. The van der Waals surface area contributed by atoms with Crippen molar-refractivity contribution in [1.82, 2.24) is 15.5 Å². The second kappa shape index (κ2) is 7.31. The number of rotatable bonds is 4. The number of hydrogen-bond donors (Lipinski definition) is 2. The Morgan fingerprint density at radius 1 is 1.23 bits per heavy atom. The van der Waals surface area contributed by atoms with Crippen LogP contribution >= 0.6 is 11.8 Å². The van der Waals surface area contributed by atoms with Gasteiger partial charge < -0.3 is 4.57 Å². The monoisotopic (exact) mass is 431 g/mol. The zero-order valence-corrected chi connectivity index (χ0v) is 17.1. The molecule has 0 fully saturated rings. The Bertz CT molecular complexity index is 1160. The standard InChI is InChI=1S/C21H20F3N5S/c1-12-15(8-13-2-5-19-17(9-13)21(23,24)6-7-30-19)16-10-14(22)3-4-18(16)29(12)11-20-25-27-28-26-20/h2-5,9-10,20H,6-8,11H2,1H3,(H,25,28)(H,26,27). The van der Waals surface area contributed by atoms with E-state index in [0.717, 1.165) is 27.7 Å². The first-order valence-electron chi connectivity index (χ1n) is 9.74. The summed E-state index contributed by atoms with van der Waals surface area (Å²) in [7, 11) is 0. The molecule has 9 heteroatoms. The van der Waals surface area contributed by atoms with Gasteiger partial charge in [-0.05, 0) is 54.8 Å². The molecule has 2 N–H and O–H groups in total. The van der Waals surface area contributed by atoms with Crippen LogP contribution in [0.5, 0.6) is 0 Å². The normalized spacial score (nSPS) is 19.8. The van der Waals surface area contributed by atoms with Crippen molar-refractivity contribution >= 4 is 22.7 Å². The number of aromatic nitrogens is 1. The van der Waals surface area contributed by atoms with Crippen LogP contribution in [0.15, 0.2) is 51.6 Å². The second-order valence-electron chi connectivity index (χ2n) is 7.63. The van der Waals surface area contributed by atoms with Crippen LogP contribution in [0, 0.1) is 12.7 Å². The van der Waals surface area contributed by atoms with Crippen molar-refractivity contribution in [3.8, 4) is 0 Å². The molecular formula is C21H20F3N5S. The van der Waals surface area contributed by atoms with E-state index in [1.807, 2.05) is 13.0 Å². The Morgan fingerprint density at radius 3 is 2.90 bits per heavy atom. The predicted molar refractivity (Wildman–Crippen MR) is 110 cm³/mol. The average molecular weight is 431 g/mol. The Morgan fingerprint density at radius 2 is 2.10 bits per heavy atom. The van der Waals surface area contributed by atoms with Crippen molar-refractivity contribution in [2.24, 2.45) is 10.3 Å². The minimum Gasteiger partial charge on any atom is -0.341 e. The summed E-state index contributed by atoms with van der Waals surface area (Å²) in [6.07, 6.45) is 0.0657. The highest BCUT2D eigenvalue weighted by atomic mass is 32.2. The molecule has 0 saturated carbocycles. The van der Waals surface area contributed by atoms with Crippen molar-refractivity contribution in [2.75, 3.05) is 5.75 Å². The van der Waals surface area contributed by atoms with Gasteiger partial charge in [0.05, 0.1) is 6.54 Å². The van der Waals surface area contributed by atoms with Crippen LogP contribution in [0.3, 0.4) is 0 Å². The van der Waals surface area contributed by atoms with Crippen LogP contribution in [0.1, 0.15) is 28.8 Å². The number of thioether (sulfide) groups is 1. The smallest absolute Gasteiger partial charge is 0.275 e. The topological polar surface area (TPSA) is 53.7 Å². The summed E-state index contributed by atoms with van der Waals surface area (Å²) in [6.45, 7) is 2.49. The molecule has 0 spiro atoms. The zero-order valence-electron chi connectivity index (χ0n) is 16.3. The van der Waals surface area contributed by atoms with E-state index in [4.69, 9.17) is 0 Å². The van der Waals surface area contributed by atoms with Gasteiger partial charge in [0.2, 0.25) is 0 Å². The predicted octanol–water partition coefficient (Wildman–Crippen LogP) is 5.07. The molecule has 3 heterocycles. The number of hydrazine groups is 1. The Balaban J connectivity index is 1.57. The van der Waals surface area contributed by atoms with Crippen LogP contribution < -0.4 is 11.0 Å². The van der Waals surface area contributed by atoms with E-state index in [1.54, 1.807) is 18.2 Å². The fraction of sp³-hybridized carbons (Fsp3) is 0.333. The highest BCUT2D eigenvalue weighted by Crippen LogP contribution is 2.44. The van der Waals surface area contributed by atoms with Crippen molar-refractivity contribution in [2.45, 2.75) is 43.3 Å². The molecule has 3 aromatic rings. The first kappa shape index (κ1) is 19.4. The summed E-state index contributed by atoms with van der Waals surface area (Å²) in [4.78, 5) is 0.644. The summed E-state index contributed by atoms with van der Waals surface area (Å²) in [5.74, 6) is -2.71. The van der Waals surface area contributed by atoms with Gasteiger partial charge in [-0.15, -0.1) is 16.9 Å². The SMILES string of the molecule is Cc1c(Cc2ccc3c(c2)C(F)(F)CCS3)c2cc(F)ccc2n1CC1N=NNN1. The molecule has 0 bridgehead atoms. The lowest BCUT2D eigenvalue weighted by Crippen LogP contribution is -2.33. The number of halogens is 3. The molecule has 30 heavy (non-hydrogen) atoms. The highest BCUT2D eigenvalue weighted by molar-refractivity contribution is 7.99. The van der Waals surface area contributed by atoms with E-state index in [2.05, 4.69) is 25.9 Å². The van der Waals surface area contributed by atoms with Crippen LogP contribution in [-0.4, -0.2) is 16.5 Å². The molecule has 5 nitrogen and oxygen atoms in total. The highest BCUT2D eigenvalue weighted by Gasteiger charge is 2.37. The second-order valence-corrected chi connectivity index (χ2v) is 8.77. The third kappa shape index (κ3) is 3.35. The molecule has 1 unspecified atom stereocenters. The van der Waals surface area contributed by atoms with Crippen molar-refractivity contribution < 1.29 is 13.2 Å². The molecular weight excluding hydrogens is 411 g/mol. The summed E-state index contributed by atoms with van der Waals surface area (Å²) < 4.78 is 45.0. The number of nitrogens with one attached hydrogen (secondary N) is 2. The van der Waals surface area contributed by atoms with E-state index in [9.17, 15) is 13.2 Å². The lowest BCUT2D eigenvalue weighted by molar-refractivity contribution is -0.0116. The van der Waals surface area contributed by atoms with Gasteiger partial charge >= 0.3 is 0 Å². The van der Waals surface area contributed by atoms with Crippen LogP contribution in [0.25, 0.3) is 10.9 Å². The van der Waals surface area contributed by atoms with Crippen molar-refractivity contribution in [3.63, 3.8) is 0 Å². The number of alkyl halides is 2. The van der Waals surface area contributed by atoms with Crippen molar-refractivity contribution in [1.29, 1.82) is 0 Å². The molecule has 0 saturated heterocycles. The molecule has 0 aliphatic carbocycles. The van der Waals surface area contributed by atoms with E-state index < -0.39 is 5.92 Å². The van der Waals surface area contributed by atoms with E-state index in [1.165, 1.54) is 23.9 Å². The largest absolute Gasteiger partial charge is 0.341 e. The lowest BCUT2D eigenvalue weighted by Gasteiger charge is -2.25. The molecule has 2 aliphatic heterocycles. The molecule has 0 radical (unpaired) electrons. The molecule has 1 atom stereocenters. The van der Waals surface area contributed by atoms with Gasteiger partial charge in [-0.1, -0.05) is 11.3 Å². The summed E-state index contributed by atoms with van der Waals surface area (Å²) >= 11 is 1.47. The number of benzene rings is 2. The van der Waals surface area contributed by atoms with Gasteiger partial charge in [-0.25, -0.2) is 18.7 Å². The maximum absolute atomic E-state index is 14.4. The Labute approximate surface area is 175 Å². The molecule has 2 aliphatic rings. The third-order valence-corrected chi connectivity index (χ3v) is 6.82. The minimum atomic E-state index is -2.81. The number of hydrogen-bond acceptors (Lipinski definition) is 5. The zero-order chi connectivity index (χ0) is 20.9. The molecule has 1 aromatic heterocycles. The summed E-state index contributed by atoms with van der Waals surface area (Å²) in [5.41, 5.74) is 9.23. The van der Waals surface area contributed by atoms with Gasteiger partial charge in [-0.2, -0.15) is 5.43 Å². The van der Waals surface area contributed by atoms with Gasteiger partial charge in [-0.3, -0.25) is 0 Å². The maximum atomic E-state index is 14.4. The van der Waals surface area contributed by atoms with Crippen molar-refractivity contribution in [3.05, 3.63) is 64.6 Å². The number of nitrogens with zero attached hydrogens (tertiary/aromatic N) is 3. The Kier molecular flexibility index (Phi) is 4.74. The molecule has 156 valence electrons. The molecule has 5 rings (SSSR count). The average Bonchev–Trinajstić information content (AvgIpc) is 3.31. The molecule has 0 amide bonds. The van der Waals surface area contributed by atoms with Crippen LogP contribution in [0.4, 0.5) is 13.2 Å². The number of fused-ring (bicyclic) bond motifs is 2. The van der Waals surface area contributed by atoms with E-state index >= 15 is 0 Å². The van der Waals surface area contributed by atoms with Crippen LogP contribution in [0.2, 0.25) is 0 Å². The van der Waals surface area contributed by atoms with E-state index in [-0.39, 0.29) is 24.0 Å². The maximum Gasteiger partial charge on any atom is 0.275 e. The Hall–Kier alpha value is -2.52.